The normalized spacial score (nSPS) is 10.4. The smallest absolute Gasteiger partial charge is 0.309 e. The van der Waals surface area contributed by atoms with Gasteiger partial charge in [-0.05, 0) is 18.6 Å². The van der Waals surface area contributed by atoms with Gasteiger partial charge in [0.15, 0.2) is 11.5 Å². The third-order valence-electron chi connectivity index (χ3n) is 2.10. The maximum Gasteiger partial charge on any atom is 0.309 e. The molecule has 0 unspecified atom stereocenters. The zero-order valence-electron chi connectivity index (χ0n) is 8.19. The van der Waals surface area contributed by atoms with E-state index in [1.807, 2.05) is 24.3 Å². The summed E-state index contributed by atoms with van der Waals surface area (Å²) in [5.41, 5.74) is 1.69. The molecule has 0 aliphatic carbocycles. The highest BCUT2D eigenvalue weighted by molar-refractivity contribution is 5.72. The Kier molecular flexibility index (Phi) is 2.97. The van der Waals surface area contributed by atoms with Crippen molar-refractivity contribution in [2.24, 2.45) is 0 Å². The largest absolute Gasteiger partial charge is 0.441 e. The fourth-order valence-electron chi connectivity index (χ4n) is 1.41. The van der Waals surface area contributed by atoms with E-state index in [0.717, 1.165) is 23.9 Å². The van der Waals surface area contributed by atoms with Crippen LogP contribution >= 0.6 is 0 Å². The highest BCUT2D eigenvalue weighted by Crippen LogP contribution is 2.15. The number of aryl methyl sites for hydroxylation is 1. The van der Waals surface area contributed by atoms with Crippen LogP contribution < -0.4 is 5.32 Å². The fourth-order valence-corrected chi connectivity index (χ4v) is 1.41. The lowest BCUT2D eigenvalue weighted by Crippen LogP contribution is -2.12. The summed E-state index contributed by atoms with van der Waals surface area (Å²) in [4.78, 5) is 14.2. The number of nitrogens with zero attached hydrogens (tertiary/aromatic N) is 1. The van der Waals surface area contributed by atoms with Gasteiger partial charge in [0, 0.05) is 13.0 Å². The molecule has 1 aromatic carbocycles. The van der Waals surface area contributed by atoms with Gasteiger partial charge in [0.1, 0.15) is 5.52 Å². The van der Waals surface area contributed by atoms with Crippen LogP contribution in [-0.4, -0.2) is 17.9 Å². The van der Waals surface area contributed by atoms with Crippen LogP contribution in [0.2, 0.25) is 0 Å². The summed E-state index contributed by atoms with van der Waals surface area (Å²) in [7, 11) is 0. The summed E-state index contributed by atoms with van der Waals surface area (Å²) in [6.45, 7) is 0.599. The number of nitrogens with one attached hydrogen (secondary N) is 1. The summed E-state index contributed by atoms with van der Waals surface area (Å²) >= 11 is 0. The maximum atomic E-state index is 9.88. The molecule has 1 N–H and O–H groups in total. The highest BCUT2D eigenvalue weighted by Gasteiger charge is 2.03. The third-order valence-corrected chi connectivity index (χ3v) is 2.10. The Morgan fingerprint density at radius 3 is 3.07 bits per heavy atom. The number of amides is 1. The van der Waals surface area contributed by atoms with E-state index < -0.39 is 0 Å². The van der Waals surface area contributed by atoms with Gasteiger partial charge < -0.3 is 9.73 Å². The predicted octanol–water partition coefficient (Wildman–Crippen LogP) is 1.42. The molecule has 0 saturated carbocycles. The summed E-state index contributed by atoms with van der Waals surface area (Å²) in [6, 6.07) is 7.65. The Bertz CT molecular complexity index is 418. The van der Waals surface area contributed by atoms with Gasteiger partial charge >= 0.3 is 6.41 Å². The standard InChI is InChI=1S/C11H11N2O2/c14-8-12-7-3-6-11-13-9-4-1-2-5-10(9)15-11/h1-2,4-5H,3,6-7H2,(H,12,14). The van der Waals surface area contributed by atoms with E-state index >= 15 is 0 Å². The van der Waals surface area contributed by atoms with Crippen LogP contribution in [0.15, 0.2) is 28.7 Å². The molecule has 1 amide bonds. The second-order valence-corrected chi connectivity index (χ2v) is 3.21. The van der Waals surface area contributed by atoms with E-state index in [1.165, 1.54) is 0 Å². The van der Waals surface area contributed by atoms with Crippen LogP contribution in [0.25, 0.3) is 11.1 Å². The molecule has 0 atom stereocenters. The van der Waals surface area contributed by atoms with Crippen molar-refractivity contribution in [3.05, 3.63) is 30.2 Å². The lowest BCUT2D eigenvalue weighted by molar-refractivity contribution is 0.511. The average molecular weight is 203 g/mol. The van der Waals surface area contributed by atoms with Gasteiger partial charge in [0.05, 0.1) is 0 Å². The Hall–Kier alpha value is -1.84. The van der Waals surface area contributed by atoms with Crippen LogP contribution in [0.1, 0.15) is 12.3 Å². The molecule has 0 aliphatic heterocycles. The summed E-state index contributed by atoms with van der Waals surface area (Å²) < 4.78 is 5.51. The van der Waals surface area contributed by atoms with Crippen molar-refractivity contribution in [2.45, 2.75) is 12.8 Å². The van der Waals surface area contributed by atoms with Crippen molar-refractivity contribution in [3.8, 4) is 0 Å². The second-order valence-electron chi connectivity index (χ2n) is 3.21. The second kappa shape index (κ2) is 4.59. The van der Waals surface area contributed by atoms with E-state index in [-0.39, 0.29) is 0 Å². The molecule has 2 rings (SSSR count). The van der Waals surface area contributed by atoms with E-state index in [2.05, 4.69) is 10.3 Å². The fraction of sp³-hybridized carbons (Fsp3) is 0.273. The zero-order chi connectivity index (χ0) is 10.5. The van der Waals surface area contributed by atoms with E-state index in [9.17, 15) is 4.79 Å². The molecule has 1 aromatic heterocycles. The van der Waals surface area contributed by atoms with Crippen molar-refractivity contribution in [1.82, 2.24) is 10.3 Å². The maximum absolute atomic E-state index is 9.88. The minimum atomic E-state index is 0.599. The number of para-hydroxylation sites is 2. The molecule has 4 nitrogen and oxygen atoms in total. The lowest BCUT2D eigenvalue weighted by atomic mass is 10.3. The van der Waals surface area contributed by atoms with Gasteiger partial charge in [-0.3, -0.25) is 4.79 Å². The van der Waals surface area contributed by atoms with Gasteiger partial charge in [0.2, 0.25) is 0 Å². The molecule has 4 heteroatoms. The molecule has 0 spiro atoms. The number of carbonyl (C=O) groups excluding carboxylic acids is 1. The zero-order valence-corrected chi connectivity index (χ0v) is 8.19. The molecule has 1 radical (unpaired) electrons. The molecule has 0 aliphatic rings. The molecule has 0 bridgehead atoms. The van der Waals surface area contributed by atoms with Crippen molar-refractivity contribution in [3.63, 3.8) is 0 Å². The summed E-state index contributed by atoms with van der Waals surface area (Å²) in [5, 5.41) is 2.48. The summed E-state index contributed by atoms with van der Waals surface area (Å²) in [5.74, 6) is 0.712. The van der Waals surface area contributed by atoms with E-state index in [4.69, 9.17) is 4.42 Å². The van der Waals surface area contributed by atoms with Gasteiger partial charge in [0.25, 0.3) is 0 Å². The van der Waals surface area contributed by atoms with Crippen molar-refractivity contribution in [2.75, 3.05) is 6.54 Å². The number of hydrogen-bond acceptors (Lipinski definition) is 3. The number of fused-ring (bicyclic) bond motifs is 1. The first kappa shape index (κ1) is 9.71. The molecular weight excluding hydrogens is 192 g/mol. The molecular formula is C11H11N2O2. The van der Waals surface area contributed by atoms with Gasteiger partial charge in [-0.25, -0.2) is 4.98 Å². The monoisotopic (exact) mass is 203 g/mol. The quantitative estimate of drug-likeness (QED) is 0.590. The predicted molar refractivity (Wildman–Crippen MR) is 56.0 cm³/mol. The SMILES string of the molecule is O=[C]NCCCc1nc2ccccc2o1. The van der Waals surface area contributed by atoms with Crippen molar-refractivity contribution in [1.29, 1.82) is 0 Å². The van der Waals surface area contributed by atoms with Gasteiger partial charge in [-0.2, -0.15) is 0 Å². The molecule has 2 aromatic rings. The first-order valence-electron chi connectivity index (χ1n) is 4.84. The molecule has 0 saturated heterocycles. The van der Waals surface area contributed by atoms with Crippen LogP contribution in [0.5, 0.6) is 0 Å². The molecule has 15 heavy (non-hydrogen) atoms. The van der Waals surface area contributed by atoms with E-state index in [1.54, 1.807) is 6.41 Å². The van der Waals surface area contributed by atoms with Crippen molar-refractivity contribution >= 4 is 17.5 Å². The van der Waals surface area contributed by atoms with Gasteiger partial charge in [-0.1, -0.05) is 12.1 Å². The molecule has 77 valence electrons. The molecule has 1 heterocycles. The van der Waals surface area contributed by atoms with Gasteiger partial charge in [-0.15, -0.1) is 0 Å². The Morgan fingerprint density at radius 2 is 2.27 bits per heavy atom. The Balaban J connectivity index is 1.99. The highest BCUT2D eigenvalue weighted by atomic mass is 16.3. The average Bonchev–Trinajstić information content (AvgIpc) is 2.67. The van der Waals surface area contributed by atoms with E-state index in [0.29, 0.717) is 12.4 Å². The number of aromatic nitrogens is 1. The number of hydrogen-bond donors (Lipinski definition) is 1. The first-order chi connectivity index (χ1) is 7.40. The minimum absolute atomic E-state index is 0.599. The van der Waals surface area contributed by atoms with Crippen LogP contribution in [0, 0.1) is 0 Å². The van der Waals surface area contributed by atoms with Crippen LogP contribution in [-0.2, 0) is 11.2 Å². The topological polar surface area (TPSA) is 55.1 Å². The summed E-state index contributed by atoms with van der Waals surface area (Å²) in [6.07, 6.45) is 3.16. The minimum Gasteiger partial charge on any atom is -0.441 e. The van der Waals surface area contributed by atoms with Crippen molar-refractivity contribution < 1.29 is 9.21 Å². The third kappa shape index (κ3) is 2.34. The number of benzene rings is 1. The van der Waals surface area contributed by atoms with Crippen LogP contribution in [0.4, 0.5) is 0 Å². The first-order valence-corrected chi connectivity index (χ1v) is 4.84. The molecule has 0 fully saturated rings. The lowest BCUT2D eigenvalue weighted by Gasteiger charge is -1.94. The Labute approximate surface area is 87.3 Å². The van der Waals surface area contributed by atoms with Crippen LogP contribution in [0.3, 0.4) is 0 Å². The Morgan fingerprint density at radius 1 is 1.40 bits per heavy atom. The number of rotatable bonds is 5. The number of oxazole rings is 1.